The number of carbonyl (C=O) groups excluding carboxylic acids is 1. The average molecular weight is 506 g/mol. The number of aliphatic hydroxyl groups excluding tert-OH is 1. The Kier molecular flexibility index (Phi) is 6.85. The molecule has 3 heterocycles. The van der Waals surface area contributed by atoms with Gasteiger partial charge in [-0.15, -0.1) is 0 Å². The first-order valence-electron chi connectivity index (χ1n) is 10.4. The van der Waals surface area contributed by atoms with Crippen LogP contribution < -0.4 is 10.1 Å². The second-order valence-corrected chi connectivity index (χ2v) is 8.27. The van der Waals surface area contributed by atoms with Gasteiger partial charge in [0.2, 0.25) is 5.91 Å². The first-order chi connectivity index (χ1) is 16.7. The quantitative estimate of drug-likeness (QED) is 0.352. The number of nitrogens with one attached hydrogen (secondary N) is 1. The van der Waals surface area contributed by atoms with Crippen LogP contribution >= 0.6 is 11.6 Å². The lowest BCUT2D eigenvalue weighted by Gasteiger charge is -2.17. The number of carbonyl (C=O) groups is 1. The molecule has 0 aliphatic heterocycles. The molecule has 0 fully saturated rings. The number of amides is 1. The lowest BCUT2D eigenvalue weighted by Crippen LogP contribution is -2.30. The van der Waals surface area contributed by atoms with Gasteiger partial charge in [-0.2, -0.15) is 19.0 Å². The molecule has 13 heteroatoms. The molecule has 184 valence electrons. The number of ether oxygens (including phenoxy) is 1. The minimum atomic E-state index is -3.09. The summed E-state index contributed by atoms with van der Waals surface area (Å²) < 4.78 is 33.7. The monoisotopic (exact) mass is 505 g/mol. The van der Waals surface area contributed by atoms with Crippen LogP contribution in [0.1, 0.15) is 24.8 Å². The van der Waals surface area contributed by atoms with Crippen molar-refractivity contribution in [3.05, 3.63) is 59.6 Å². The highest BCUT2D eigenvalue weighted by atomic mass is 35.5. The Bertz CT molecular complexity index is 1360. The van der Waals surface area contributed by atoms with E-state index in [9.17, 15) is 18.7 Å². The van der Waals surface area contributed by atoms with Crippen molar-refractivity contribution in [2.75, 3.05) is 19.4 Å². The van der Waals surface area contributed by atoms with E-state index in [4.69, 9.17) is 11.6 Å². The number of hydrogen-bond acceptors (Lipinski definition) is 7. The fraction of sp³-hybridized carbons (Fsp3) is 0.273. The van der Waals surface area contributed by atoms with Crippen molar-refractivity contribution in [2.45, 2.75) is 25.8 Å². The minimum absolute atomic E-state index is 0.144. The van der Waals surface area contributed by atoms with Crippen molar-refractivity contribution in [2.24, 2.45) is 0 Å². The van der Waals surface area contributed by atoms with Crippen molar-refractivity contribution in [1.82, 2.24) is 29.3 Å². The molecule has 0 spiro atoms. The molecule has 3 aromatic heterocycles. The Morgan fingerprint density at radius 1 is 1.31 bits per heavy atom. The maximum absolute atomic E-state index is 13.1. The van der Waals surface area contributed by atoms with Crippen LogP contribution in [0.25, 0.3) is 16.9 Å². The van der Waals surface area contributed by atoms with Crippen molar-refractivity contribution >= 4 is 28.8 Å². The Morgan fingerprint density at radius 3 is 2.80 bits per heavy atom. The van der Waals surface area contributed by atoms with Crippen molar-refractivity contribution in [3.8, 4) is 17.0 Å². The number of aliphatic hydroxyl groups is 1. The lowest BCUT2D eigenvalue weighted by atomic mass is 10.1. The van der Waals surface area contributed by atoms with E-state index in [-0.39, 0.29) is 33.6 Å². The number of halogens is 3. The van der Waals surface area contributed by atoms with Gasteiger partial charge in [0, 0.05) is 43.3 Å². The predicted molar refractivity (Wildman–Crippen MR) is 124 cm³/mol. The van der Waals surface area contributed by atoms with Crippen LogP contribution in [0.4, 0.5) is 14.5 Å². The summed E-state index contributed by atoms with van der Waals surface area (Å²) in [6, 6.07) is 5.09. The van der Waals surface area contributed by atoms with E-state index < -0.39 is 18.9 Å². The number of aromatic nitrogens is 5. The van der Waals surface area contributed by atoms with E-state index in [0.717, 1.165) is 0 Å². The second kappa shape index (κ2) is 9.84. The molecule has 0 radical (unpaired) electrons. The van der Waals surface area contributed by atoms with Gasteiger partial charge in [0.25, 0.3) is 0 Å². The van der Waals surface area contributed by atoms with E-state index in [0.29, 0.717) is 11.2 Å². The van der Waals surface area contributed by atoms with Crippen LogP contribution in [0.2, 0.25) is 5.02 Å². The maximum Gasteiger partial charge on any atom is 0.387 e. The molecule has 1 amide bonds. The van der Waals surface area contributed by atoms with Crippen LogP contribution in [0.5, 0.6) is 5.75 Å². The zero-order valence-corrected chi connectivity index (χ0v) is 19.7. The molecule has 2 N–H and O–H groups in total. The van der Waals surface area contributed by atoms with Crippen LogP contribution in [0.15, 0.2) is 49.1 Å². The van der Waals surface area contributed by atoms with E-state index in [1.54, 1.807) is 39.5 Å². The highest BCUT2D eigenvalue weighted by Gasteiger charge is 2.25. The number of alkyl halides is 2. The number of anilines is 1. The molecule has 4 rings (SSSR count). The minimum Gasteiger partial charge on any atom is -0.434 e. The summed E-state index contributed by atoms with van der Waals surface area (Å²) in [7, 11) is 3.21. The number of rotatable bonds is 8. The van der Waals surface area contributed by atoms with Crippen molar-refractivity contribution < 1.29 is 23.4 Å². The molecule has 4 aromatic rings. The molecule has 0 bridgehead atoms. The second-order valence-electron chi connectivity index (χ2n) is 7.83. The number of benzene rings is 1. The lowest BCUT2D eigenvalue weighted by molar-refractivity contribution is -0.131. The number of likely N-dealkylation sites (N-methyl/N-ethyl adjacent to an activating group) is 1. The summed E-state index contributed by atoms with van der Waals surface area (Å²) in [5, 5.41) is 22.7. The largest absolute Gasteiger partial charge is 0.434 e. The summed E-state index contributed by atoms with van der Waals surface area (Å²) in [6.45, 7) is -1.44. The molecule has 35 heavy (non-hydrogen) atoms. The van der Waals surface area contributed by atoms with Gasteiger partial charge in [-0.1, -0.05) is 11.6 Å². The third-order valence-corrected chi connectivity index (χ3v) is 5.47. The predicted octanol–water partition coefficient (Wildman–Crippen LogP) is 3.60. The molecular weight excluding hydrogens is 484 g/mol. The van der Waals surface area contributed by atoms with Crippen LogP contribution in [-0.2, 0) is 4.79 Å². The van der Waals surface area contributed by atoms with Gasteiger partial charge in [0.1, 0.15) is 17.5 Å². The Balaban J connectivity index is 1.80. The normalized spacial score (nSPS) is 13.1. The molecule has 0 saturated heterocycles. The zero-order chi connectivity index (χ0) is 25.3. The zero-order valence-electron chi connectivity index (χ0n) is 18.9. The number of nitrogens with zero attached hydrogens (tertiary/aromatic N) is 6. The first-order valence-corrected chi connectivity index (χ1v) is 10.8. The van der Waals surface area contributed by atoms with Crippen LogP contribution in [0, 0.1) is 0 Å². The number of fused-ring (bicyclic) bond motifs is 1. The van der Waals surface area contributed by atoms with Crippen LogP contribution in [-0.4, -0.2) is 61.0 Å². The van der Waals surface area contributed by atoms with Gasteiger partial charge in [0.05, 0.1) is 17.4 Å². The fourth-order valence-electron chi connectivity index (χ4n) is 3.53. The summed E-state index contributed by atoms with van der Waals surface area (Å²) in [4.78, 5) is 18.2. The van der Waals surface area contributed by atoms with Gasteiger partial charge < -0.3 is 20.1 Å². The summed E-state index contributed by atoms with van der Waals surface area (Å²) in [5.74, 6) is -0.412. The van der Waals surface area contributed by atoms with Crippen LogP contribution in [0.3, 0.4) is 0 Å². The molecule has 0 aliphatic carbocycles. The molecule has 0 saturated carbocycles. The third kappa shape index (κ3) is 5.03. The van der Waals surface area contributed by atoms with E-state index >= 15 is 0 Å². The molecule has 0 aliphatic rings. The fourth-order valence-corrected chi connectivity index (χ4v) is 3.70. The summed E-state index contributed by atoms with van der Waals surface area (Å²) >= 11 is 6.14. The van der Waals surface area contributed by atoms with Crippen molar-refractivity contribution in [3.63, 3.8) is 0 Å². The molecular formula is C22H22ClF2N7O3. The molecule has 2 atom stereocenters. The Labute approximate surface area is 203 Å². The Morgan fingerprint density at radius 2 is 2.09 bits per heavy atom. The SMILES string of the molecule is CC(C(=O)N(C)C)n1cc(NC(O)c2cnn3cccnc23)c(-c2cc(Cl)ccc2OC(F)F)n1. The van der Waals surface area contributed by atoms with E-state index in [2.05, 4.69) is 25.2 Å². The van der Waals surface area contributed by atoms with E-state index in [1.165, 1.54) is 44.7 Å². The third-order valence-electron chi connectivity index (χ3n) is 5.23. The standard InChI is InChI=1S/C22H22ClF2N7O3/c1-12(21(34)30(2)3)32-11-16(28-20(33)15-10-27-31-8-4-7-26-19(15)31)18(29-32)14-9-13(23)5-6-17(14)35-22(24)25/h4-12,20,22,28,33H,1-3H3. The number of hydrogen-bond donors (Lipinski definition) is 2. The average Bonchev–Trinajstić information content (AvgIpc) is 3.43. The van der Waals surface area contributed by atoms with Gasteiger partial charge in [-0.25, -0.2) is 9.50 Å². The topological polar surface area (TPSA) is 110 Å². The Hall–Kier alpha value is -3.77. The van der Waals surface area contributed by atoms with Gasteiger partial charge in [-0.3, -0.25) is 9.48 Å². The smallest absolute Gasteiger partial charge is 0.387 e. The summed E-state index contributed by atoms with van der Waals surface area (Å²) in [6.07, 6.45) is 4.89. The highest BCUT2D eigenvalue weighted by Crippen LogP contribution is 2.38. The van der Waals surface area contributed by atoms with Gasteiger partial charge in [0.15, 0.2) is 11.9 Å². The molecule has 2 unspecified atom stereocenters. The van der Waals surface area contributed by atoms with Gasteiger partial charge >= 0.3 is 6.61 Å². The highest BCUT2D eigenvalue weighted by molar-refractivity contribution is 6.31. The molecule has 10 nitrogen and oxygen atoms in total. The van der Waals surface area contributed by atoms with E-state index in [1.807, 2.05) is 0 Å². The van der Waals surface area contributed by atoms with Crippen molar-refractivity contribution in [1.29, 1.82) is 0 Å². The van der Waals surface area contributed by atoms with Gasteiger partial charge in [-0.05, 0) is 31.2 Å². The first kappa shape index (κ1) is 24.4. The maximum atomic E-state index is 13.1. The summed E-state index contributed by atoms with van der Waals surface area (Å²) in [5.41, 5.74) is 1.32. The molecule has 1 aromatic carbocycles.